The molecule has 1 heterocycles. The van der Waals surface area contributed by atoms with Crippen LogP contribution in [0, 0.1) is 0 Å². The predicted molar refractivity (Wildman–Crippen MR) is 371 cm³/mol. The molecule has 0 radical (unpaired) electrons. The molecule has 0 aromatic rings. The molecule has 88 heavy (non-hydrogen) atoms. The van der Waals surface area contributed by atoms with Gasteiger partial charge in [0.25, 0.3) is 0 Å². The Morgan fingerprint density at radius 2 is 0.784 bits per heavy atom. The van der Waals surface area contributed by atoms with Crippen LogP contribution >= 0.6 is 0 Å². The molecular weight excluding hydrogens is 1100 g/mol. The summed E-state index contributed by atoms with van der Waals surface area (Å²) in [7, 11) is 0. The number of aliphatic hydroxyl groups excluding tert-OH is 5. The summed E-state index contributed by atoms with van der Waals surface area (Å²) in [5.41, 5.74) is 0. The first-order valence-electron chi connectivity index (χ1n) is 38.3. The van der Waals surface area contributed by atoms with Gasteiger partial charge in [-0.15, -0.1) is 0 Å². The van der Waals surface area contributed by atoms with Crippen molar-refractivity contribution in [1.29, 1.82) is 0 Å². The Bertz CT molecular complexity index is 1570. The monoisotopic (exact) mass is 1240 g/mol. The highest BCUT2D eigenvalue weighted by atomic mass is 16.7. The lowest BCUT2D eigenvalue weighted by atomic mass is 9.99. The number of nitrogens with one attached hydrogen (secondary N) is 1. The van der Waals surface area contributed by atoms with Crippen molar-refractivity contribution in [2.45, 2.75) is 429 Å². The maximum Gasteiger partial charge on any atom is 0.306 e. The van der Waals surface area contributed by atoms with E-state index in [2.05, 4.69) is 50.4 Å². The number of ether oxygens (including phenoxy) is 3. The summed E-state index contributed by atoms with van der Waals surface area (Å²) in [6.07, 6.45) is 70.5. The summed E-state index contributed by atoms with van der Waals surface area (Å²) in [4.78, 5) is 26.7. The zero-order valence-corrected chi connectivity index (χ0v) is 57.9. The highest BCUT2D eigenvalue weighted by molar-refractivity contribution is 5.80. The fraction of sp³-hybridized carbons (Fsp3) is 0.896. The number of rotatable bonds is 67. The summed E-state index contributed by atoms with van der Waals surface area (Å²) in [6.45, 7) is 5.84. The molecule has 1 amide bonds. The van der Waals surface area contributed by atoms with Crippen LogP contribution in [0.25, 0.3) is 0 Å². The fourth-order valence-electron chi connectivity index (χ4n) is 12.3. The molecule has 1 saturated heterocycles. The first-order valence-corrected chi connectivity index (χ1v) is 38.3. The van der Waals surface area contributed by atoms with Crippen LogP contribution in [0.15, 0.2) is 36.5 Å². The second-order valence-corrected chi connectivity index (χ2v) is 26.7. The van der Waals surface area contributed by atoms with Crippen molar-refractivity contribution < 1.29 is 49.3 Å². The van der Waals surface area contributed by atoms with Crippen molar-refractivity contribution >= 4 is 11.9 Å². The smallest absolute Gasteiger partial charge is 0.306 e. The number of amides is 1. The molecule has 1 aliphatic rings. The van der Waals surface area contributed by atoms with Gasteiger partial charge in [-0.2, -0.15) is 0 Å². The quantitative estimate of drug-likeness (QED) is 0.0195. The average molecular weight is 1250 g/mol. The maximum atomic E-state index is 13.5. The van der Waals surface area contributed by atoms with Gasteiger partial charge in [-0.05, 0) is 57.8 Å². The Hall–Kier alpha value is -2.12. The number of aliphatic hydroxyl groups is 5. The zero-order chi connectivity index (χ0) is 63.9. The van der Waals surface area contributed by atoms with Gasteiger partial charge >= 0.3 is 5.97 Å². The molecular formula is C77H145NO10. The lowest BCUT2D eigenvalue weighted by molar-refractivity contribution is -0.305. The molecule has 0 aliphatic carbocycles. The number of allylic oxidation sites excluding steroid dienone is 5. The lowest BCUT2D eigenvalue weighted by Crippen LogP contribution is -2.61. The average Bonchev–Trinajstić information content (AvgIpc) is 3.72. The molecule has 8 unspecified atom stereocenters. The van der Waals surface area contributed by atoms with E-state index in [0.717, 1.165) is 64.2 Å². The van der Waals surface area contributed by atoms with Crippen molar-refractivity contribution in [1.82, 2.24) is 5.32 Å². The number of hydrogen-bond donors (Lipinski definition) is 6. The molecule has 6 N–H and O–H groups in total. The Labute approximate surface area is 543 Å². The Morgan fingerprint density at radius 3 is 1.18 bits per heavy atom. The Balaban J connectivity index is 2.51. The Kier molecular flexibility index (Phi) is 61.9. The van der Waals surface area contributed by atoms with Crippen LogP contribution in [0.5, 0.6) is 0 Å². The first-order chi connectivity index (χ1) is 43.2. The van der Waals surface area contributed by atoms with E-state index < -0.39 is 67.4 Å². The highest BCUT2D eigenvalue weighted by Crippen LogP contribution is 2.27. The largest absolute Gasteiger partial charge is 0.454 e. The molecule has 0 aromatic carbocycles. The topological polar surface area (TPSA) is 175 Å². The third-order valence-electron chi connectivity index (χ3n) is 18.3. The second-order valence-electron chi connectivity index (χ2n) is 26.7. The molecule has 0 saturated carbocycles. The van der Waals surface area contributed by atoms with E-state index in [9.17, 15) is 35.1 Å². The van der Waals surface area contributed by atoms with E-state index in [-0.39, 0.29) is 13.0 Å². The van der Waals surface area contributed by atoms with Gasteiger partial charge in [0.1, 0.15) is 24.4 Å². The van der Waals surface area contributed by atoms with Gasteiger partial charge < -0.3 is 45.1 Å². The molecule has 1 aliphatic heterocycles. The summed E-state index contributed by atoms with van der Waals surface area (Å²) in [6, 6.07) is -1.02. The molecule has 0 bridgehead atoms. The Morgan fingerprint density at radius 1 is 0.443 bits per heavy atom. The van der Waals surface area contributed by atoms with E-state index in [1.165, 1.54) is 270 Å². The van der Waals surface area contributed by atoms with E-state index >= 15 is 0 Å². The van der Waals surface area contributed by atoms with E-state index in [4.69, 9.17) is 14.2 Å². The summed E-state index contributed by atoms with van der Waals surface area (Å²) < 4.78 is 17.7. The summed E-state index contributed by atoms with van der Waals surface area (Å²) in [5.74, 6) is -1.17. The third kappa shape index (κ3) is 51.4. The van der Waals surface area contributed by atoms with Gasteiger partial charge in [-0.3, -0.25) is 9.59 Å². The summed E-state index contributed by atoms with van der Waals surface area (Å²) >= 11 is 0. The van der Waals surface area contributed by atoms with Gasteiger partial charge in [0.2, 0.25) is 5.91 Å². The minimum atomic E-state index is -1.61. The van der Waals surface area contributed by atoms with Crippen LogP contribution in [-0.4, -0.2) is 99.6 Å². The van der Waals surface area contributed by atoms with Crippen molar-refractivity contribution in [3.63, 3.8) is 0 Å². The molecule has 0 aromatic heterocycles. The second kappa shape index (κ2) is 65.0. The predicted octanol–water partition coefficient (Wildman–Crippen LogP) is 20.1. The number of hydrogen-bond acceptors (Lipinski definition) is 10. The number of carbonyl (C=O) groups is 2. The molecule has 0 spiro atoms. The van der Waals surface area contributed by atoms with E-state index in [1.54, 1.807) is 6.08 Å². The maximum absolute atomic E-state index is 13.5. The molecule has 8 atom stereocenters. The molecule has 1 rings (SSSR count). The fourth-order valence-corrected chi connectivity index (χ4v) is 12.3. The third-order valence-corrected chi connectivity index (χ3v) is 18.3. The van der Waals surface area contributed by atoms with Crippen molar-refractivity contribution in [3.05, 3.63) is 36.5 Å². The van der Waals surface area contributed by atoms with E-state index in [0.29, 0.717) is 19.3 Å². The number of unbranched alkanes of at least 4 members (excludes halogenated alkanes) is 49. The highest BCUT2D eigenvalue weighted by Gasteiger charge is 2.47. The molecule has 11 nitrogen and oxygen atoms in total. The zero-order valence-electron chi connectivity index (χ0n) is 57.9. The van der Waals surface area contributed by atoms with Crippen LogP contribution in [0.2, 0.25) is 0 Å². The van der Waals surface area contributed by atoms with E-state index in [1.807, 2.05) is 6.08 Å². The minimum Gasteiger partial charge on any atom is -0.454 e. The van der Waals surface area contributed by atoms with Crippen LogP contribution < -0.4 is 5.32 Å². The molecule has 11 heteroatoms. The lowest BCUT2D eigenvalue weighted by Gasteiger charge is -2.41. The number of carbonyl (C=O) groups excluding carboxylic acids is 2. The van der Waals surface area contributed by atoms with Crippen LogP contribution in [0.1, 0.15) is 380 Å². The van der Waals surface area contributed by atoms with Crippen molar-refractivity contribution in [2.24, 2.45) is 0 Å². The van der Waals surface area contributed by atoms with Crippen LogP contribution in [0.3, 0.4) is 0 Å². The first kappa shape index (κ1) is 83.9. The van der Waals surface area contributed by atoms with Crippen LogP contribution in [0.4, 0.5) is 0 Å². The minimum absolute atomic E-state index is 0.130. The normalized spacial score (nSPS) is 18.3. The number of esters is 1. The molecule has 1 fully saturated rings. The van der Waals surface area contributed by atoms with Gasteiger partial charge in [-0.25, -0.2) is 0 Å². The SMILES string of the molecule is CCCCC/C=C\C/C=C\CCCCCCCCCCCCCCCCC(O)C(=O)NC(COC1OC(CO)C(O)C(O)C1OC(=O)CCCCCCCCCCCCCCCCCCCCCCCCC)C(O)/C=C/CCCCCCCCCCCC. The van der Waals surface area contributed by atoms with Gasteiger partial charge in [0.05, 0.1) is 25.4 Å². The standard InChI is InChI=1S/C77H145NO10/c1-4-7-10-13-16-19-22-25-27-29-31-33-35-37-38-40-42-44-46-49-52-55-58-61-64-70(81)76(85)78-68(69(80)63-60-57-54-51-48-24-21-18-15-12-9-6-3)67-86-77-75(74(84)73(83)71(66-79)87-77)88-72(82)65-62-59-56-53-50-47-45-43-41-39-36-34-32-30-28-26-23-20-17-14-11-8-5-2/h16,19,25,27,60,63,68-71,73-75,77,79-81,83-84H,4-15,17-18,20-24,26,28-59,61-62,64-67H2,1-3H3,(H,78,85)/b19-16-,27-25-,63-60+. The van der Waals surface area contributed by atoms with Crippen molar-refractivity contribution in [3.8, 4) is 0 Å². The van der Waals surface area contributed by atoms with Gasteiger partial charge in [0.15, 0.2) is 12.4 Å². The van der Waals surface area contributed by atoms with Gasteiger partial charge in [0, 0.05) is 6.42 Å². The van der Waals surface area contributed by atoms with Crippen LogP contribution in [-0.2, 0) is 23.8 Å². The van der Waals surface area contributed by atoms with Gasteiger partial charge in [-0.1, -0.05) is 353 Å². The van der Waals surface area contributed by atoms with Crippen molar-refractivity contribution in [2.75, 3.05) is 13.2 Å². The molecule has 518 valence electrons. The summed E-state index contributed by atoms with van der Waals surface area (Å²) in [5, 5.41) is 57.4.